The molecule has 0 unspecified atom stereocenters. The van der Waals surface area contributed by atoms with Gasteiger partial charge < -0.3 is 4.74 Å². The van der Waals surface area contributed by atoms with E-state index < -0.39 is 0 Å². The van der Waals surface area contributed by atoms with Gasteiger partial charge >= 0.3 is 5.97 Å². The van der Waals surface area contributed by atoms with Gasteiger partial charge in [0, 0.05) is 6.42 Å². The summed E-state index contributed by atoms with van der Waals surface area (Å²) in [6.45, 7) is 10.7. The van der Waals surface area contributed by atoms with Gasteiger partial charge in [-0.25, -0.2) is 0 Å². The Labute approximate surface area is 100 Å². The molecule has 0 heterocycles. The molecule has 0 saturated heterocycles. The van der Waals surface area contributed by atoms with E-state index in [4.69, 9.17) is 4.74 Å². The average Bonchev–Trinajstić information content (AvgIpc) is 2.17. The van der Waals surface area contributed by atoms with E-state index in [9.17, 15) is 4.79 Å². The fraction of sp³-hybridized carbons (Fsp3) is 0.786. The minimum absolute atomic E-state index is 0.0587. The van der Waals surface area contributed by atoms with Crippen molar-refractivity contribution < 1.29 is 9.53 Å². The first-order chi connectivity index (χ1) is 7.56. The second-order valence-electron chi connectivity index (χ2n) is 4.71. The number of carbonyl (C=O) groups excluding carboxylic acids is 1. The van der Waals surface area contributed by atoms with E-state index in [0.29, 0.717) is 18.9 Å². The van der Waals surface area contributed by atoms with Crippen molar-refractivity contribution in [2.45, 2.75) is 59.3 Å². The number of hydrogen-bond donors (Lipinski definition) is 0. The lowest BCUT2D eigenvalue weighted by atomic mass is 9.99. The summed E-state index contributed by atoms with van der Waals surface area (Å²) in [5, 5.41) is 0. The third-order valence-electron chi connectivity index (χ3n) is 2.63. The summed E-state index contributed by atoms with van der Waals surface area (Å²) < 4.78 is 5.12. The Morgan fingerprint density at radius 2 is 2.00 bits per heavy atom. The Morgan fingerprint density at radius 1 is 1.31 bits per heavy atom. The molecule has 0 bridgehead atoms. The van der Waals surface area contributed by atoms with Gasteiger partial charge in [-0.05, 0) is 38.5 Å². The zero-order valence-corrected chi connectivity index (χ0v) is 11.1. The molecular weight excluding hydrogens is 200 g/mol. The van der Waals surface area contributed by atoms with Gasteiger partial charge in [0.15, 0.2) is 0 Å². The van der Waals surface area contributed by atoms with E-state index in [1.807, 2.05) is 6.92 Å². The highest BCUT2D eigenvalue weighted by atomic mass is 16.5. The maximum Gasteiger partial charge on any atom is 0.305 e. The summed E-state index contributed by atoms with van der Waals surface area (Å²) in [5.41, 5.74) is 1.25. The largest absolute Gasteiger partial charge is 0.466 e. The summed E-state index contributed by atoms with van der Waals surface area (Å²) >= 11 is 0. The van der Waals surface area contributed by atoms with E-state index in [2.05, 4.69) is 20.4 Å². The highest BCUT2D eigenvalue weighted by Gasteiger charge is 2.05. The number of rotatable bonds is 9. The van der Waals surface area contributed by atoms with Gasteiger partial charge in [0.25, 0.3) is 0 Å². The fourth-order valence-electron chi connectivity index (χ4n) is 1.55. The Morgan fingerprint density at radius 3 is 2.56 bits per heavy atom. The molecule has 94 valence electrons. The molecule has 1 atom stereocenters. The first kappa shape index (κ1) is 15.2. The number of hydrogen-bond acceptors (Lipinski definition) is 2. The molecule has 0 aliphatic rings. The molecule has 0 aromatic heterocycles. The van der Waals surface area contributed by atoms with Gasteiger partial charge in [-0.3, -0.25) is 4.79 Å². The molecule has 0 aliphatic carbocycles. The van der Waals surface area contributed by atoms with Crippen LogP contribution in [0.1, 0.15) is 59.3 Å². The molecule has 0 N–H and O–H groups in total. The maximum absolute atomic E-state index is 11.1. The molecule has 0 fully saturated rings. The van der Waals surface area contributed by atoms with Crippen LogP contribution in [0.15, 0.2) is 12.2 Å². The van der Waals surface area contributed by atoms with Crippen molar-refractivity contribution >= 4 is 5.97 Å². The number of allylic oxidation sites excluding steroid dienone is 1. The summed E-state index contributed by atoms with van der Waals surface area (Å²) in [5.74, 6) is 0.574. The third kappa shape index (κ3) is 9.75. The van der Waals surface area contributed by atoms with E-state index in [1.165, 1.54) is 18.4 Å². The molecule has 0 aromatic carbocycles. The SMILES string of the molecule is C=C(C)CCC[C@H](C)CCOC(=O)CCC. The van der Waals surface area contributed by atoms with Gasteiger partial charge in [0.1, 0.15) is 0 Å². The number of ether oxygens (including phenoxy) is 1. The minimum Gasteiger partial charge on any atom is -0.466 e. The summed E-state index contributed by atoms with van der Waals surface area (Å²) in [6.07, 6.45) is 5.89. The zero-order valence-electron chi connectivity index (χ0n) is 11.1. The van der Waals surface area contributed by atoms with Crippen LogP contribution in [0.2, 0.25) is 0 Å². The molecule has 2 nitrogen and oxygen atoms in total. The van der Waals surface area contributed by atoms with Crippen molar-refractivity contribution in [2.24, 2.45) is 5.92 Å². The first-order valence-electron chi connectivity index (χ1n) is 6.36. The monoisotopic (exact) mass is 226 g/mol. The van der Waals surface area contributed by atoms with Crippen LogP contribution in [0, 0.1) is 5.92 Å². The smallest absolute Gasteiger partial charge is 0.305 e. The molecule has 16 heavy (non-hydrogen) atoms. The van der Waals surface area contributed by atoms with Crippen molar-refractivity contribution in [2.75, 3.05) is 6.61 Å². The number of esters is 1. The topological polar surface area (TPSA) is 26.3 Å². The van der Waals surface area contributed by atoms with Crippen molar-refractivity contribution in [3.8, 4) is 0 Å². The van der Waals surface area contributed by atoms with E-state index in [0.717, 1.165) is 19.3 Å². The molecule has 0 aliphatic heterocycles. The van der Waals surface area contributed by atoms with Crippen molar-refractivity contribution in [3.63, 3.8) is 0 Å². The summed E-state index contributed by atoms with van der Waals surface area (Å²) in [4.78, 5) is 11.1. The van der Waals surface area contributed by atoms with Crippen LogP contribution >= 0.6 is 0 Å². The normalized spacial score (nSPS) is 12.2. The predicted molar refractivity (Wildman–Crippen MR) is 68.3 cm³/mol. The Hall–Kier alpha value is -0.790. The van der Waals surface area contributed by atoms with Crippen LogP contribution in [0.25, 0.3) is 0 Å². The van der Waals surface area contributed by atoms with Gasteiger partial charge in [-0.1, -0.05) is 25.8 Å². The summed E-state index contributed by atoms with van der Waals surface area (Å²) in [7, 11) is 0. The van der Waals surface area contributed by atoms with Crippen LogP contribution in [0.3, 0.4) is 0 Å². The Kier molecular flexibility index (Phi) is 8.97. The molecule has 0 radical (unpaired) electrons. The van der Waals surface area contributed by atoms with E-state index in [-0.39, 0.29) is 5.97 Å². The van der Waals surface area contributed by atoms with Gasteiger partial charge in [-0.2, -0.15) is 0 Å². The predicted octanol–water partition coefficient (Wildman–Crippen LogP) is 4.10. The van der Waals surface area contributed by atoms with Crippen molar-refractivity contribution in [1.82, 2.24) is 0 Å². The Balaban J connectivity index is 3.39. The lowest BCUT2D eigenvalue weighted by Crippen LogP contribution is -2.08. The van der Waals surface area contributed by atoms with Gasteiger partial charge in [-0.15, -0.1) is 6.58 Å². The molecule has 0 saturated carbocycles. The third-order valence-corrected chi connectivity index (χ3v) is 2.63. The second-order valence-corrected chi connectivity index (χ2v) is 4.71. The van der Waals surface area contributed by atoms with Crippen LogP contribution in [0.5, 0.6) is 0 Å². The average molecular weight is 226 g/mol. The second kappa shape index (κ2) is 9.44. The van der Waals surface area contributed by atoms with Crippen LogP contribution in [0.4, 0.5) is 0 Å². The maximum atomic E-state index is 11.1. The summed E-state index contributed by atoms with van der Waals surface area (Å²) in [6, 6.07) is 0. The lowest BCUT2D eigenvalue weighted by molar-refractivity contribution is -0.144. The molecular formula is C14H26O2. The standard InChI is InChI=1S/C14H26O2/c1-5-7-14(15)16-11-10-13(4)9-6-8-12(2)3/h13H,2,5-11H2,1,3-4H3/t13-/m0/s1. The highest BCUT2D eigenvalue weighted by Crippen LogP contribution is 2.14. The minimum atomic E-state index is -0.0587. The zero-order chi connectivity index (χ0) is 12.4. The van der Waals surface area contributed by atoms with Crippen LogP contribution in [-0.2, 0) is 9.53 Å². The van der Waals surface area contributed by atoms with Crippen molar-refractivity contribution in [1.29, 1.82) is 0 Å². The lowest BCUT2D eigenvalue weighted by Gasteiger charge is -2.11. The molecule has 0 amide bonds. The Bertz CT molecular complexity index is 209. The fourth-order valence-corrected chi connectivity index (χ4v) is 1.55. The molecule has 2 heteroatoms. The van der Waals surface area contributed by atoms with Gasteiger partial charge in [0.05, 0.1) is 6.61 Å². The van der Waals surface area contributed by atoms with Crippen LogP contribution < -0.4 is 0 Å². The highest BCUT2D eigenvalue weighted by molar-refractivity contribution is 5.69. The van der Waals surface area contributed by atoms with E-state index in [1.54, 1.807) is 0 Å². The molecule has 0 aromatic rings. The first-order valence-corrected chi connectivity index (χ1v) is 6.36. The quantitative estimate of drug-likeness (QED) is 0.437. The van der Waals surface area contributed by atoms with Crippen LogP contribution in [-0.4, -0.2) is 12.6 Å². The number of carbonyl (C=O) groups is 1. The van der Waals surface area contributed by atoms with E-state index >= 15 is 0 Å². The molecule has 0 spiro atoms. The van der Waals surface area contributed by atoms with Crippen molar-refractivity contribution in [3.05, 3.63) is 12.2 Å². The van der Waals surface area contributed by atoms with Gasteiger partial charge in [0.2, 0.25) is 0 Å². The molecule has 0 rings (SSSR count).